The molecule has 0 spiro atoms. The van der Waals surface area contributed by atoms with E-state index >= 15 is 0 Å². The molecule has 134 valence electrons. The first-order chi connectivity index (χ1) is 11.7. The van der Waals surface area contributed by atoms with Gasteiger partial charge in [-0.1, -0.05) is 6.92 Å². The largest absolute Gasteiger partial charge is 0.390 e. The summed E-state index contributed by atoms with van der Waals surface area (Å²) in [6, 6.07) is 1.72. The zero-order valence-electron chi connectivity index (χ0n) is 14.5. The Hall–Kier alpha value is -1.28. The summed E-state index contributed by atoms with van der Waals surface area (Å²) < 4.78 is 6.91. The predicted octanol–water partition coefficient (Wildman–Crippen LogP) is -0.295. The Bertz CT molecular complexity index is 598. The van der Waals surface area contributed by atoms with Gasteiger partial charge in [0.15, 0.2) is 0 Å². The first-order valence-electron chi connectivity index (χ1n) is 8.96. The second kappa shape index (κ2) is 8.20. The number of ether oxygens (including phenoxy) is 1. The van der Waals surface area contributed by atoms with Gasteiger partial charge >= 0.3 is 0 Å². The first kappa shape index (κ1) is 17.5. The molecule has 1 aromatic heterocycles. The van der Waals surface area contributed by atoms with Crippen LogP contribution in [0.4, 0.5) is 0 Å². The Morgan fingerprint density at radius 3 is 2.75 bits per heavy atom. The van der Waals surface area contributed by atoms with E-state index in [0.717, 1.165) is 56.9 Å². The molecule has 0 aliphatic carbocycles. The molecule has 7 heteroatoms. The summed E-state index contributed by atoms with van der Waals surface area (Å²) in [5.74, 6) is 0. The van der Waals surface area contributed by atoms with Crippen molar-refractivity contribution < 1.29 is 9.84 Å². The third kappa shape index (κ3) is 4.42. The zero-order chi connectivity index (χ0) is 16.9. The van der Waals surface area contributed by atoms with Crippen molar-refractivity contribution in [3.63, 3.8) is 0 Å². The quantitative estimate of drug-likeness (QED) is 0.769. The van der Waals surface area contributed by atoms with Crippen LogP contribution in [0.2, 0.25) is 0 Å². The number of fused-ring (bicyclic) bond motifs is 1. The van der Waals surface area contributed by atoms with Gasteiger partial charge in [-0.3, -0.25) is 14.6 Å². The van der Waals surface area contributed by atoms with E-state index in [1.807, 2.05) is 6.92 Å². The van der Waals surface area contributed by atoms with Crippen molar-refractivity contribution in [3.8, 4) is 0 Å². The maximum absolute atomic E-state index is 12.1. The minimum atomic E-state index is -0.377. The molecule has 7 nitrogen and oxygen atoms in total. The fraction of sp³-hybridized carbons (Fsp3) is 0.765. The Balaban J connectivity index is 1.56. The highest BCUT2D eigenvalue weighted by atomic mass is 16.5. The maximum atomic E-state index is 12.1. The molecule has 0 saturated carbocycles. The van der Waals surface area contributed by atoms with E-state index in [2.05, 4.69) is 14.9 Å². The van der Waals surface area contributed by atoms with Gasteiger partial charge in [-0.25, -0.2) is 4.68 Å². The Morgan fingerprint density at radius 1 is 1.25 bits per heavy atom. The summed E-state index contributed by atoms with van der Waals surface area (Å²) in [6.07, 6.45) is 1.37. The maximum Gasteiger partial charge on any atom is 0.267 e. The summed E-state index contributed by atoms with van der Waals surface area (Å²) in [6.45, 7) is 8.90. The summed E-state index contributed by atoms with van der Waals surface area (Å²) >= 11 is 0. The van der Waals surface area contributed by atoms with Crippen molar-refractivity contribution in [1.29, 1.82) is 0 Å². The van der Waals surface area contributed by atoms with Crippen LogP contribution in [0.1, 0.15) is 24.6 Å². The van der Waals surface area contributed by atoms with Crippen LogP contribution in [-0.2, 0) is 24.2 Å². The van der Waals surface area contributed by atoms with Gasteiger partial charge < -0.3 is 9.84 Å². The summed E-state index contributed by atoms with van der Waals surface area (Å²) in [7, 11) is 0. The van der Waals surface area contributed by atoms with E-state index in [1.54, 1.807) is 10.7 Å². The van der Waals surface area contributed by atoms with Crippen LogP contribution < -0.4 is 5.56 Å². The first-order valence-corrected chi connectivity index (χ1v) is 8.96. The number of aryl methyl sites for hydroxylation is 1. The standard InChI is InChI=1S/C17H28N4O3/c1-2-4-21-17(23)10-14-11-20(5-3-16(14)18-21)13-15(22)12-19-6-8-24-9-7-19/h10,15,22H,2-9,11-13H2,1H3. The van der Waals surface area contributed by atoms with Crippen LogP contribution in [0.3, 0.4) is 0 Å². The number of β-amino-alcohol motifs (C(OH)–C–C–N with tert-alkyl or cyclic N) is 1. The molecule has 0 aromatic carbocycles. The number of rotatable bonds is 6. The van der Waals surface area contributed by atoms with Gasteiger partial charge in [0.2, 0.25) is 0 Å². The SMILES string of the molecule is CCCn1nc2c(cc1=O)CN(CC(O)CN1CCOCC1)CC2. The van der Waals surface area contributed by atoms with Crippen LogP contribution in [0, 0.1) is 0 Å². The van der Waals surface area contributed by atoms with Gasteiger partial charge in [0.1, 0.15) is 0 Å². The molecular weight excluding hydrogens is 308 g/mol. The minimum absolute atomic E-state index is 0.0219. The number of aliphatic hydroxyl groups is 1. The number of hydrogen-bond acceptors (Lipinski definition) is 6. The highest BCUT2D eigenvalue weighted by molar-refractivity contribution is 5.20. The predicted molar refractivity (Wildman–Crippen MR) is 91.0 cm³/mol. The van der Waals surface area contributed by atoms with Crippen molar-refractivity contribution >= 4 is 0 Å². The minimum Gasteiger partial charge on any atom is -0.390 e. The average Bonchev–Trinajstić information content (AvgIpc) is 2.57. The van der Waals surface area contributed by atoms with E-state index in [4.69, 9.17) is 4.74 Å². The van der Waals surface area contributed by atoms with Gasteiger partial charge in [0.25, 0.3) is 5.56 Å². The molecule has 1 saturated heterocycles. The van der Waals surface area contributed by atoms with E-state index < -0.39 is 0 Å². The fourth-order valence-corrected chi connectivity index (χ4v) is 3.46. The van der Waals surface area contributed by atoms with Gasteiger partial charge in [-0.15, -0.1) is 0 Å². The summed E-state index contributed by atoms with van der Waals surface area (Å²) in [5, 5.41) is 14.9. The van der Waals surface area contributed by atoms with Crippen molar-refractivity contribution in [3.05, 3.63) is 27.7 Å². The fourth-order valence-electron chi connectivity index (χ4n) is 3.46. The van der Waals surface area contributed by atoms with Crippen LogP contribution >= 0.6 is 0 Å². The van der Waals surface area contributed by atoms with Crippen molar-refractivity contribution in [1.82, 2.24) is 19.6 Å². The molecule has 3 rings (SSSR count). The van der Waals surface area contributed by atoms with Crippen molar-refractivity contribution in [2.45, 2.75) is 39.0 Å². The molecule has 1 N–H and O–H groups in total. The number of aliphatic hydroxyl groups excluding tert-OH is 1. The Kier molecular flexibility index (Phi) is 5.99. The van der Waals surface area contributed by atoms with Crippen LogP contribution in [-0.4, -0.2) is 76.7 Å². The molecule has 0 radical (unpaired) electrons. The molecule has 0 bridgehead atoms. The summed E-state index contributed by atoms with van der Waals surface area (Å²) in [5.41, 5.74) is 2.02. The van der Waals surface area contributed by atoms with Gasteiger partial charge in [0, 0.05) is 58.3 Å². The third-order valence-electron chi connectivity index (χ3n) is 4.70. The van der Waals surface area contributed by atoms with E-state index in [-0.39, 0.29) is 11.7 Å². The van der Waals surface area contributed by atoms with Crippen LogP contribution in [0.15, 0.2) is 10.9 Å². The van der Waals surface area contributed by atoms with E-state index in [1.165, 1.54) is 0 Å². The molecule has 2 aliphatic rings. The lowest BCUT2D eigenvalue weighted by molar-refractivity contribution is 0.00578. The Labute approximate surface area is 142 Å². The number of hydrogen-bond donors (Lipinski definition) is 1. The lowest BCUT2D eigenvalue weighted by atomic mass is 10.1. The van der Waals surface area contributed by atoms with Crippen molar-refractivity contribution in [2.75, 3.05) is 45.9 Å². The second-order valence-electron chi connectivity index (χ2n) is 6.73. The molecule has 2 aliphatic heterocycles. The van der Waals surface area contributed by atoms with Gasteiger partial charge in [0.05, 0.1) is 25.0 Å². The molecule has 24 heavy (non-hydrogen) atoms. The highest BCUT2D eigenvalue weighted by Crippen LogP contribution is 2.15. The van der Waals surface area contributed by atoms with Crippen LogP contribution in [0.25, 0.3) is 0 Å². The molecule has 1 aromatic rings. The topological polar surface area (TPSA) is 70.8 Å². The Morgan fingerprint density at radius 2 is 2.00 bits per heavy atom. The third-order valence-corrected chi connectivity index (χ3v) is 4.70. The van der Waals surface area contributed by atoms with Gasteiger partial charge in [-0.2, -0.15) is 5.10 Å². The highest BCUT2D eigenvalue weighted by Gasteiger charge is 2.22. The molecule has 1 fully saturated rings. The van der Waals surface area contributed by atoms with E-state index in [9.17, 15) is 9.90 Å². The number of morpholine rings is 1. The lowest BCUT2D eigenvalue weighted by Gasteiger charge is -2.33. The average molecular weight is 336 g/mol. The lowest BCUT2D eigenvalue weighted by Crippen LogP contribution is -2.45. The monoisotopic (exact) mass is 336 g/mol. The smallest absolute Gasteiger partial charge is 0.267 e. The molecular formula is C17H28N4O3. The number of aromatic nitrogens is 2. The molecule has 1 unspecified atom stereocenters. The van der Waals surface area contributed by atoms with E-state index in [0.29, 0.717) is 26.2 Å². The zero-order valence-corrected chi connectivity index (χ0v) is 14.5. The number of nitrogens with zero attached hydrogens (tertiary/aromatic N) is 4. The second-order valence-corrected chi connectivity index (χ2v) is 6.73. The molecule has 1 atom stereocenters. The van der Waals surface area contributed by atoms with Crippen LogP contribution in [0.5, 0.6) is 0 Å². The molecule has 3 heterocycles. The molecule has 0 amide bonds. The summed E-state index contributed by atoms with van der Waals surface area (Å²) in [4.78, 5) is 16.6. The normalized spacial score (nSPS) is 20.8. The van der Waals surface area contributed by atoms with Gasteiger partial charge in [-0.05, 0) is 12.0 Å². The van der Waals surface area contributed by atoms with Crippen molar-refractivity contribution in [2.24, 2.45) is 0 Å².